The van der Waals surface area contributed by atoms with Gasteiger partial charge in [-0.15, -0.1) is 11.8 Å². The minimum atomic E-state index is -0.837. The highest BCUT2D eigenvalue weighted by atomic mass is 35.5. The second-order valence-electron chi connectivity index (χ2n) is 9.87. The van der Waals surface area contributed by atoms with Crippen LogP contribution in [0.2, 0.25) is 5.02 Å². The van der Waals surface area contributed by atoms with Crippen LogP contribution in [0.1, 0.15) is 17.4 Å². The first-order valence-electron chi connectivity index (χ1n) is 12.6. The number of hydrogen-bond donors (Lipinski definition) is 3. The summed E-state index contributed by atoms with van der Waals surface area (Å²) in [6.45, 7) is 0.810. The number of benzene rings is 2. The Morgan fingerprint density at radius 3 is 2.69 bits per heavy atom. The van der Waals surface area contributed by atoms with Crippen molar-refractivity contribution in [2.75, 3.05) is 33.8 Å². The van der Waals surface area contributed by atoms with Crippen LogP contribution in [0, 0.1) is 0 Å². The SMILES string of the molecule is CN(CC1=C(CO)C2C(S1)C(=O)C(C(=O)NCc1ccc(Cl)cc1)=CN2C)CC(O)c1cc2ccccc2o1. The van der Waals surface area contributed by atoms with Gasteiger partial charge in [-0.3, -0.25) is 14.5 Å². The molecule has 1 amide bonds. The van der Waals surface area contributed by atoms with Gasteiger partial charge in [-0.05, 0) is 42.4 Å². The van der Waals surface area contributed by atoms with Crippen molar-refractivity contribution >= 4 is 46.0 Å². The van der Waals surface area contributed by atoms with Gasteiger partial charge in [0, 0.05) is 48.2 Å². The summed E-state index contributed by atoms with van der Waals surface area (Å²) < 4.78 is 5.80. The Morgan fingerprint density at radius 1 is 1.23 bits per heavy atom. The molecule has 2 aliphatic rings. The van der Waals surface area contributed by atoms with Gasteiger partial charge in [0.25, 0.3) is 5.91 Å². The Bertz CT molecular complexity index is 1420. The lowest BCUT2D eigenvalue weighted by atomic mass is 9.93. The highest BCUT2D eigenvalue weighted by molar-refractivity contribution is 8.04. The Kier molecular flexibility index (Phi) is 8.16. The Labute approximate surface area is 235 Å². The second-order valence-corrected chi connectivity index (χ2v) is 11.5. The molecule has 0 saturated heterocycles. The number of thioether (sulfide) groups is 1. The summed E-state index contributed by atoms with van der Waals surface area (Å²) in [4.78, 5) is 31.0. The first-order chi connectivity index (χ1) is 18.7. The van der Waals surface area contributed by atoms with Crippen molar-refractivity contribution < 1.29 is 24.2 Å². The average molecular weight is 568 g/mol. The van der Waals surface area contributed by atoms with E-state index in [2.05, 4.69) is 5.32 Å². The van der Waals surface area contributed by atoms with Crippen LogP contribution < -0.4 is 5.32 Å². The number of nitrogens with zero attached hydrogens (tertiary/aromatic N) is 2. The lowest BCUT2D eigenvalue weighted by Gasteiger charge is -2.34. The summed E-state index contributed by atoms with van der Waals surface area (Å²) in [5.41, 5.74) is 2.43. The maximum Gasteiger partial charge on any atom is 0.256 e. The zero-order valence-electron chi connectivity index (χ0n) is 21.6. The van der Waals surface area contributed by atoms with Crippen molar-refractivity contribution in [2.45, 2.75) is 23.9 Å². The molecule has 3 atom stereocenters. The molecular weight excluding hydrogens is 538 g/mol. The number of carbonyl (C=O) groups is 2. The molecule has 0 bridgehead atoms. The number of para-hydroxylation sites is 1. The number of ketones is 1. The van der Waals surface area contributed by atoms with Crippen LogP contribution in [0.3, 0.4) is 0 Å². The molecule has 1 aromatic heterocycles. The number of aliphatic hydroxyl groups excluding tert-OH is 2. The van der Waals surface area contributed by atoms with Crippen LogP contribution in [0.5, 0.6) is 0 Å². The van der Waals surface area contributed by atoms with E-state index in [9.17, 15) is 19.8 Å². The molecule has 5 rings (SSSR count). The van der Waals surface area contributed by atoms with Crippen molar-refractivity contribution in [1.29, 1.82) is 0 Å². The number of Topliss-reactive ketones (excluding diaryl/α,β-unsaturated/α-hetero) is 1. The Balaban J connectivity index is 1.23. The molecular formula is C29H30ClN3O5S. The quantitative estimate of drug-likeness (QED) is 0.337. The summed E-state index contributed by atoms with van der Waals surface area (Å²) in [5, 5.41) is 24.8. The average Bonchev–Trinajstić information content (AvgIpc) is 3.52. The Hall–Kier alpha value is -3.08. The van der Waals surface area contributed by atoms with Crippen LogP contribution in [0.4, 0.5) is 0 Å². The van der Waals surface area contributed by atoms with Crippen LogP contribution in [-0.2, 0) is 16.1 Å². The van der Waals surface area contributed by atoms with Crippen LogP contribution >= 0.6 is 23.4 Å². The number of amides is 1. The van der Waals surface area contributed by atoms with Gasteiger partial charge in [0.05, 0.1) is 23.5 Å². The van der Waals surface area contributed by atoms with E-state index in [0.29, 0.717) is 23.9 Å². The van der Waals surface area contributed by atoms with Gasteiger partial charge in [-0.2, -0.15) is 0 Å². The molecule has 3 heterocycles. The molecule has 8 nitrogen and oxygen atoms in total. The molecule has 0 fully saturated rings. The normalized spacial score (nSPS) is 20.0. The molecule has 0 spiro atoms. The first-order valence-corrected chi connectivity index (χ1v) is 13.9. The van der Waals surface area contributed by atoms with Crippen molar-refractivity contribution in [3.8, 4) is 0 Å². The fourth-order valence-electron chi connectivity index (χ4n) is 5.03. The van der Waals surface area contributed by atoms with E-state index in [1.165, 1.54) is 11.8 Å². The molecule has 39 heavy (non-hydrogen) atoms. The number of carbonyl (C=O) groups excluding carboxylic acids is 2. The number of likely N-dealkylation sites (N-methyl/N-ethyl adjacent to an activating group) is 2. The Morgan fingerprint density at radius 2 is 1.97 bits per heavy atom. The third-order valence-electron chi connectivity index (χ3n) is 7.02. The van der Waals surface area contributed by atoms with Gasteiger partial charge in [0.1, 0.15) is 17.4 Å². The topological polar surface area (TPSA) is 106 Å². The van der Waals surface area contributed by atoms with Gasteiger partial charge in [0.15, 0.2) is 5.78 Å². The van der Waals surface area contributed by atoms with E-state index < -0.39 is 17.3 Å². The molecule has 0 aliphatic carbocycles. The number of rotatable bonds is 9. The number of aliphatic hydroxyl groups is 2. The number of furan rings is 1. The summed E-state index contributed by atoms with van der Waals surface area (Å²) in [6, 6.07) is 16.2. The molecule has 0 radical (unpaired) electrons. The number of halogens is 1. The summed E-state index contributed by atoms with van der Waals surface area (Å²) in [7, 11) is 3.68. The third-order valence-corrected chi connectivity index (χ3v) is 8.67. The predicted octanol–water partition coefficient (Wildman–Crippen LogP) is 3.50. The summed E-state index contributed by atoms with van der Waals surface area (Å²) >= 11 is 7.30. The van der Waals surface area contributed by atoms with E-state index in [-0.39, 0.29) is 30.5 Å². The molecule has 3 aromatic rings. The maximum absolute atomic E-state index is 13.4. The molecule has 2 aromatic carbocycles. The second kappa shape index (κ2) is 11.6. The fourth-order valence-corrected chi connectivity index (χ4v) is 6.81. The lowest BCUT2D eigenvalue weighted by molar-refractivity contribution is -0.123. The smallest absolute Gasteiger partial charge is 0.256 e. The monoisotopic (exact) mass is 567 g/mol. The predicted molar refractivity (Wildman–Crippen MR) is 152 cm³/mol. The van der Waals surface area contributed by atoms with E-state index in [0.717, 1.165) is 27.0 Å². The molecule has 204 valence electrons. The lowest BCUT2D eigenvalue weighted by Crippen LogP contribution is -2.48. The maximum atomic E-state index is 13.4. The molecule has 3 N–H and O–H groups in total. The van der Waals surface area contributed by atoms with E-state index in [1.54, 1.807) is 18.3 Å². The van der Waals surface area contributed by atoms with Crippen molar-refractivity contribution in [3.63, 3.8) is 0 Å². The van der Waals surface area contributed by atoms with Gasteiger partial charge < -0.3 is 24.8 Å². The van der Waals surface area contributed by atoms with Crippen molar-refractivity contribution in [1.82, 2.24) is 15.1 Å². The molecule has 3 unspecified atom stereocenters. The van der Waals surface area contributed by atoms with Crippen LogP contribution in [0.25, 0.3) is 11.0 Å². The van der Waals surface area contributed by atoms with Gasteiger partial charge in [-0.25, -0.2) is 0 Å². The number of hydrogen-bond acceptors (Lipinski definition) is 8. The van der Waals surface area contributed by atoms with E-state index in [4.69, 9.17) is 16.0 Å². The standard InChI is InChI=1S/C29H30ClN3O5S/c1-32(14-22(35)24-11-18-5-3-4-6-23(18)38-24)15-25-21(16-34)26-28(39-25)27(36)20(13-33(26)2)29(37)31-12-17-7-9-19(30)10-8-17/h3-11,13,22,26,28,34-35H,12,14-16H2,1-2H3,(H,31,37). The van der Waals surface area contributed by atoms with Crippen molar-refractivity contribution in [3.05, 3.63) is 93.2 Å². The zero-order valence-corrected chi connectivity index (χ0v) is 23.2. The van der Waals surface area contributed by atoms with E-state index >= 15 is 0 Å². The molecule has 0 saturated carbocycles. The molecule has 2 aliphatic heterocycles. The van der Waals surface area contributed by atoms with E-state index in [1.807, 2.05) is 66.4 Å². The van der Waals surface area contributed by atoms with Gasteiger partial charge >= 0.3 is 0 Å². The highest BCUT2D eigenvalue weighted by Crippen LogP contribution is 2.44. The summed E-state index contributed by atoms with van der Waals surface area (Å²) in [5.74, 6) is -0.214. The summed E-state index contributed by atoms with van der Waals surface area (Å²) in [6.07, 6.45) is 0.728. The molecule has 10 heteroatoms. The number of nitrogens with one attached hydrogen (secondary N) is 1. The van der Waals surface area contributed by atoms with Gasteiger partial charge in [-0.1, -0.05) is 41.9 Å². The minimum absolute atomic E-state index is 0.0902. The fraction of sp³-hybridized carbons (Fsp3) is 0.310. The zero-order chi connectivity index (χ0) is 27.7. The largest absolute Gasteiger partial charge is 0.458 e. The highest BCUT2D eigenvalue weighted by Gasteiger charge is 2.46. The number of fused-ring (bicyclic) bond motifs is 2. The van der Waals surface area contributed by atoms with Crippen LogP contribution in [0.15, 0.2) is 81.3 Å². The van der Waals surface area contributed by atoms with Gasteiger partial charge in [0.2, 0.25) is 0 Å². The van der Waals surface area contributed by atoms with Crippen molar-refractivity contribution in [2.24, 2.45) is 0 Å². The first kappa shape index (κ1) is 27.5. The third kappa shape index (κ3) is 5.78. The minimum Gasteiger partial charge on any atom is -0.458 e. The van der Waals surface area contributed by atoms with Crippen LogP contribution in [-0.4, -0.2) is 76.8 Å².